The third kappa shape index (κ3) is 4.08. The van der Waals surface area contributed by atoms with Crippen LogP contribution in [0.2, 0.25) is 5.02 Å². The van der Waals surface area contributed by atoms with Gasteiger partial charge < -0.3 is 5.11 Å². The Morgan fingerprint density at radius 1 is 1.10 bits per heavy atom. The van der Waals surface area contributed by atoms with Crippen LogP contribution in [0.3, 0.4) is 0 Å². The first-order valence-corrected chi connectivity index (χ1v) is 7.37. The van der Waals surface area contributed by atoms with Gasteiger partial charge in [-0.1, -0.05) is 48.0 Å². The normalized spacial score (nSPS) is 12.1. The summed E-state index contributed by atoms with van der Waals surface area (Å²) in [5.74, 6) is -1.25. The van der Waals surface area contributed by atoms with Crippen LogP contribution in [0.15, 0.2) is 42.5 Å². The van der Waals surface area contributed by atoms with E-state index < -0.39 is 11.9 Å². The van der Waals surface area contributed by atoms with Gasteiger partial charge in [-0.05, 0) is 55.0 Å². The molecular weight excluding hydrogens is 284 g/mol. The van der Waals surface area contributed by atoms with Crippen LogP contribution in [0.1, 0.15) is 22.3 Å². The monoisotopic (exact) mass is 302 g/mol. The van der Waals surface area contributed by atoms with Gasteiger partial charge in [0.25, 0.3) is 0 Å². The third-order valence-electron chi connectivity index (χ3n) is 3.75. The topological polar surface area (TPSA) is 37.3 Å². The van der Waals surface area contributed by atoms with Gasteiger partial charge in [0.15, 0.2) is 0 Å². The molecule has 0 saturated carbocycles. The Kier molecular flexibility index (Phi) is 5.03. The number of hydrogen-bond acceptors (Lipinski definition) is 1. The molecule has 1 N–H and O–H groups in total. The number of carbonyl (C=O) groups is 1. The Hall–Kier alpha value is -1.80. The maximum Gasteiger partial charge on any atom is 0.307 e. The molecule has 0 bridgehead atoms. The third-order valence-corrected chi connectivity index (χ3v) is 4.10. The van der Waals surface area contributed by atoms with E-state index in [0.717, 1.165) is 22.3 Å². The van der Waals surface area contributed by atoms with Crippen LogP contribution in [0.5, 0.6) is 0 Å². The van der Waals surface area contributed by atoms with E-state index in [1.165, 1.54) is 0 Å². The molecule has 2 aromatic rings. The Bertz CT molecular complexity index is 649. The molecule has 0 spiro atoms. The molecule has 0 heterocycles. The second-order valence-corrected chi connectivity index (χ2v) is 5.87. The van der Waals surface area contributed by atoms with Crippen LogP contribution in [-0.2, 0) is 17.6 Å². The Labute approximate surface area is 130 Å². The molecule has 1 atom stereocenters. The maximum absolute atomic E-state index is 11.6. The molecular formula is C18H19ClO2. The molecule has 0 aliphatic heterocycles. The summed E-state index contributed by atoms with van der Waals surface area (Å²) in [5.41, 5.74) is 4.17. The van der Waals surface area contributed by atoms with Gasteiger partial charge in [0.05, 0.1) is 5.92 Å². The van der Waals surface area contributed by atoms with Crippen molar-refractivity contribution < 1.29 is 9.90 Å². The minimum atomic E-state index is -0.783. The van der Waals surface area contributed by atoms with Gasteiger partial charge in [-0.3, -0.25) is 4.79 Å². The lowest BCUT2D eigenvalue weighted by Gasteiger charge is -2.15. The van der Waals surface area contributed by atoms with Crippen molar-refractivity contribution in [2.45, 2.75) is 26.7 Å². The molecule has 2 nitrogen and oxygen atoms in total. The van der Waals surface area contributed by atoms with E-state index >= 15 is 0 Å². The van der Waals surface area contributed by atoms with Crippen LogP contribution in [0.25, 0.3) is 0 Å². The number of halogens is 1. The predicted molar refractivity (Wildman–Crippen MR) is 85.9 cm³/mol. The zero-order chi connectivity index (χ0) is 15.4. The van der Waals surface area contributed by atoms with Gasteiger partial charge in [-0.25, -0.2) is 0 Å². The van der Waals surface area contributed by atoms with E-state index in [9.17, 15) is 9.90 Å². The van der Waals surface area contributed by atoms with E-state index in [0.29, 0.717) is 17.9 Å². The average molecular weight is 303 g/mol. The van der Waals surface area contributed by atoms with Crippen LogP contribution in [0, 0.1) is 19.8 Å². The van der Waals surface area contributed by atoms with Crippen molar-refractivity contribution in [3.05, 3.63) is 69.7 Å². The quantitative estimate of drug-likeness (QED) is 0.886. The average Bonchev–Trinajstić information content (AvgIpc) is 2.42. The second-order valence-electron chi connectivity index (χ2n) is 5.46. The molecule has 0 amide bonds. The highest BCUT2D eigenvalue weighted by Gasteiger charge is 2.20. The van der Waals surface area contributed by atoms with Crippen molar-refractivity contribution in [3.63, 3.8) is 0 Å². The summed E-state index contributed by atoms with van der Waals surface area (Å²) in [7, 11) is 0. The Morgan fingerprint density at radius 3 is 2.38 bits per heavy atom. The van der Waals surface area contributed by atoms with E-state index in [2.05, 4.69) is 0 Å². The highest BCUT2D eigenvalue weighted by atomic mass is 35.5. The minimum Gasteiger partial charge on any atom is -0.481 e. The van der Waals surface area contributed by atoms with Crippen molar-refractivity contribution in [1.29, 1.82) is 0 Å². The first-order valence-electron chi connectivity index (χ1n) is 6.99. The lowest BCUT2D eigenvalue weighted by atomic mass is 9.90. The number of aliphatic carboxylic acids is 1. The number of carboxylic acids is 1. The van der Waals surface area contributed by atoms with Gasteiger partial charge in [0.2, 0.25) is 0 Å². The standard InChI is InChI=1S/C18H19ClO2/c1-12-7-8-15(17(19)9-12)11-16(18(20)21)10-14-6-4-3-5-13(14)2/h3-9,16H,10-11H2,1-2H3,(H,20,21). The molecule has 0 radical (unpaired) electrons. The van der Waals surface area contributed by atoms with E-state index in [1.807, 2.05) is 56.3 Å². The summed E-state index contributed by atoms with van der Waals surface area (Å²) in [6.07, 6.45) is 0.967. The van der Waals surface area contributed by atoms with Crippen LogP contribution < -0.4 is 0 Å². The number of hydrogen-bond donors (Lipinski definition) is 1. The summed E-state index contributed by atoms with van der Waals surface area (Å²) in [6, 6.07) is 13.7. The number of benzene rings is 2. The van der Waals surface area contributed by atoms with E-state index in [1.54, 1.807) is 0 Å². The summed E-state index contributed by atoms with van der Waals surface area (Å²) in [5, 5.41) is 10.1. The molecule has 2 aromatic carbocycles. The Morgan fingerprint density at radius 2 is 1.76 bits per heavy atom. The molecule has 1 unspecified atom stereocenters. The predicted octanol–water partition coefficient (Wildman–Crippen LogP) is 4.44. The summed E-state index contributed by atoms with van der Waals surface area (Å²) < 4.78 is 0. The minimum absolute atomic E-state index is 0.447. The molecule has 3 heteroatoms. The first-order chi connectivity index (χ1) is 9.97. The maximum atomic E-state index is 11.6. The van der Waals surface area contributed by atoms with Gasteiger partial charge in [-0.15, -0.1) is 0 Å². The molecule has 2 rings (SSSR count). The highest BCUT2D eigenvalue weighted by molar-refractivity contribution is 6.31. The molecule has 0 aliphatic rings. The fourth-order valence-electron chi connectivity index (χ4n) is 2.43. The zero-order valence-electron chi connectivity index (χ0n) is 12.3. The van der Waals surface area contributed by atoms with E-state index in [-0.39, 0.29) is 0 Å². The lowest BCUT2D eigenvalue weighted by molar-refractivity contribution is -0.141. The largest absolute Gasteiger partial charge is 0.481 e. The molecule has 0 aromatic heterocycles. The second kappa shape index (κ2) is 6.77. The summed E-state index contributed by atoms with van der Waals surface area (Å²) in [6.45, 7) is 3.98. The number of rotatable bonds is 5. The lowest BCUT2D eigenvalue weighted by Crippen LogP contribution is -2.19. The van der Waals surface area contributed by atoms with Gasteiger partial charge in [-0.2, -0.15) is 0 Å². The molecule has 0 aliphatic carbocycles. The number of aryl methyl sites for hydroxylation is 2. The molecule has 110 valence electrons. The zero-order valence-corrected chi connectivity index (χ0v) is 13.0. The van der Waals surface area contributed by atoms with Gasteiger partial charge in [0.1, 0.15) is 0 Å². The molecule has 21 heavy (non-hydrogen) atoms. The van der Waals surface area contributed by atoms with Crippen molar-refractivity contribution in [2.75, 3.05) is 0 Å². The SMILES string of the molecule is Cc1ccc(CC(Cc2ccccc2C)C(=O)O)c(Cl)c1. The van der Waals surface area contributed by atoms with Crippen molar-refractivity contribution in [3.8, 4) is 0 Å². The fourth-order valence-corrected chi connectivity index (χ4v) is 2.75. The van der Waals surface area contributed by atoms with Gasteiger partial charge >= 0.3 is 5.97 Å². The highest BCUT2D eigenvalue weighted by Crippen LogP contribution is 2.23. The van der Waals surface area contributed by atoms with Crippen LogP contribution >= 0.6 is 11.6 Å². The summed E-state index contributed by atoms with van der Waals surface area (Å²) in [4.78, 5) is 11.6. The first kappa shape index (κ1) is 15.6. The number of carboxylic acid groups (broad SMARTS) is 1. The molecule has 0 fully saturated rings. The Balaban J connectivity index is 2.20. The summed E-state index contributed by atoms with van der Waals surface area (Å²) >= 11 is 6.22. The smallest absolute Gasteiger partial charge is 0.307 e. The van der Waals surface area contributed by atoms with Crippen LogP contribution in [0.4, 0.5) is 0 Å². The van der Waals surface area contributed by atoms with Crippen LogP contribution in [-0.4, -0.2) is 11.1 Å². The molecule has 0 saturated heterocycles. The fraction of sp³-hybridized carbons (Fsp3) is 0.278. The van der Waals surface area contributed by atoms with Gasteiger partial charge in [0, 0.05) is 5.02 Å². The van der Waals surface area contributed by atoms with Crippen molar-refractivity contribution >= 4 is 17.6 Å². The van der Waals surface area contributed by atoms with Crippen molar-refractivity contribution in [2.24, 2.45) is 5.92 Å². The van der Waals surface area contributed by atoms with Crippen molar-refractivity contribution in [1.82, 2.24) is 0 Å². The van der Waals surface area contributed by atoms with E-state index in [4.69, 9.17) is 11.6 Å².